The molecule has 37 heavy (non-hydrogen) atoms. The number of hydrogen-bond donors (Lipinski definition) is 2. The zero-order chi connectivity index (χ0) is 27.2. The third kappa shape index (κ3) is 7.75. The zero-order valence-electron chi connectivity index (χ0n) is 18.8. The Kier molecular flexibility index (Phi) is 9.25. The Morgan fingerprint density at radius 1 is 0.946 bits per heavy atom. The predicted molar refractivity (Wildman–Crippen MR) is 135 cm³/mol. The number of nitrogens with one attached hydrogen (secondary N) is 2. The molecule has 7 nitrogen and oxygen atoms in total. The van der Waals surface area contributed by atoms with Gasteiger partial charge in [0.1, 0.15) is 6.61 Å². The average molecular weight is 575 g/mol. The maximum absolute atomic E-state index is 12.9. The van der Waals surface area contributed by atoms with Crippen molar-refractivity contribution >= 4 is 58.5 Å². The highest BCUT2D eigenvalue weighted by molar-refractivity contribution is 6.41. The molecule has 0 bridgehead atoms. The molecular weight excluding hydrogens is 558 g/mol. The van der Waals surface area contributed by atoms with E-state index in [-0.39, 0.29) is 17.3 Å². The summed E-state index contributed by atoms with van der Waals surface area (Å²) in [5.74, 6) is -1.72. The number of hydrazone groups is 1. The summed E-state index contributed by atoms with van der Waals surface area (Å²) >= 11 is 17.9. The Labute approximate surface area is 224 Å². The molecule has 0 atom stereocenters. The van der Waals surface area contributed by atoms with Crippen molar-refractivity contribution in [1.82, 2.24) is 5.43 Å². The molecule has 194 valence electrons. The number of alkyl halides is 3. The van der Waals surface area contributed by atoms with E-state index in [4.69, 9.17) is 44.3 Å². The van der Waals surface area contributed by atoms with Gasteiger partial charge in [0.05, 0.1) is 29.6 Å². The first kappa shape index (κ1) is 28.1. The summed E-state index contributed by atoms with van der Waals surface area (Å²) in [6.07, 6.45) is -3.42. The monoisotopic (exact) mass is 573 g/mol. The summed E-state index contributed by atoms with van der Waals surface area (Å²) in [4.78, 5) is 24.1. The van der Waals surface area contributed by atoms with Crippen molar-refractivity contribution in [2.24, 2.45) is 5.10 Å². The topological polar surface area (TPSA) is 89.0 Å². The molecule has 3 aromatic carbocycles. The van der Waals surface area contributed by atoms with Crippen LogP contribution in [0.5, 0.6) is 11.5 Å². The van der Waals surface area contributed by atoms with Crippen molar-refractivity contribution in [3.05, 3.63) is 86.4 Å². The first-order chi connectivity index (χ1) is 17.5. The second-order valence-electron chi connectivity index (χ2n) is 7.28. The molecule has 0 fully saturated rings. The number of nitrogens with zero attached hydrogens (tertiary/aromatic N) is 1. The molecule has 0 unspecified atom stereocenters. The molecule has 3 rings (SSSR count). The molecule has 0 aliphatic carbocycles. The van der Waals surface area contributed by atoms with Crippen LogP contribution in [0.2, 0.25) is 15.1 Å². The number of halogens is 6. The molecule has 0 radical (unpaired) electrons. The Hall–Kier alpha value is -3.47. The minimum atomic E-state index is -4.65. The number of hydrogen-bond acceptors (Lipinski definition) is 5. The summed E-state index contributed by atoms with van der Waals surface area (Å²) in [6, 6.07) is 12.1. The minimum Gasteiger partial charge on any atom is -0.493 e. The van der Waals surface area contributed by atoms with Crippen LogP contribution < -0.4 is 20.2 Å². The Morgan fingerprint density at radius 3 is 2.38 bits per heavy atom. The van der Waals surface area contributed by atoms with E-state index in [1.807, 2.05) is 10.7 Å². The van der Waals surface area contributed by atoms with Crippen molar-refractivity contribution in [3.8, 4) is 11.5 Å². The van der Waals surface area contributed by atoms with E-state index in [1.54, 1.807) is 36.4 Å². The smallest absolute Gasteiger partial charge is 0.416 e. The van der Waals surface area contributed by atoms with Crippen LogP contribution in [0.15, 0.2) is 59.7 Å². The molecule has 3 aromatic rings. The largest absolute Gasteiger partial charge is 0.493 e. The van der Waals surface area contributed by atoms with Crippen LogP contribution in [-0.4, -0.2) is 25.1 Å². The van der Waals surface area contributed by atoms with Crippen molar-refractivity contribution < 1.29 is 32.2 Å². The summed E-state index contributed by atoms with van der Waals surface area (Å²) in [5, 5.41) is 6.47. The maximum atomic E-state index is 12.9. The number of rotatable bonds is 7. The zero-order valence-corrected chi connectivity index (χ0v) is 21.1. The fourth-order valence-electron chi connectivity index (χ4n) is 2.87. The van der Waals surface area contributed by atoms with Gasteiger partial charge in [-0.1, -0.05) is 40.9 Å². The van der Waals surface area contributed by atoms with Gasteiger partial charge >= 0.3 is 18.0 Å². The molecule has 0 saturated heterocycles. The van der Waals surface area contributed by atoms with Crippen molar-refractivity contribution in [2.45, 2.75) is 12.8 Å². The van der Waals surface area contributed by atoms with Crippen molar-refractivity contribution in [2.75, 3.05) is 12.4 Å². The van der Waals surface area contributed by atoms with Crippen LogP contribution >= 0.6 is 34.8 Å². The van der Waals surface area contributed by atoms with Gasteiger partial charge in [-0.05, 0) is 54.1 Å². The van der Waals surface area contributed by atoms with Crippen molar-refractivity contribution in [3.63, 3.8) is 0 Å². The lowest BCUT2D eigenvalue weighted by Gasteiger charge is -2.12. The molecule has 0 aliphatic heterocycles. The summed E-state index contributed by atoms with van der Waals surface area (Å²) in [7, 11) is 1.43. The molecule has 0 heterocycles. The van der Waals surface area contributed by atoms with Gasteiger partial charge in [0.25, 0.3) is 0 Å². The predicted octanol–water partition coefficient (Wildman–Crippen LogP) is 6.34. The van der Waals surface area contributed by atoms with Crippen LogP contribution in [-0.2, 0) is 22.4 Å². The number of methoxy groups -OCH3 is 1. The Morgan fingerprint density at radius 2 is 1.70 bits per heavy atom. The van der Waals surface area contributed by atoms with E-state index in [0.29, 0.717) is 38.7 Å². The quantitative estimate of drug-likeness (QED) is 0.196. The molecule has 0 spiro atoms. The van der Waals surface area contributed by atoms with Gasteiger partial charge in [-0.25, -0.2) is 5.43 Å². The Balaban J connectivity index is 1.60. The van der Waals surface area contributed by atoms with E-state index in [2.05, 4.69) is 5.10 Å². The summed E-state index contributed by atoms with van der Waals surface area (Å²) < 4.78 is 49.7. The van der Waals surface area contributed by atoms with Crippen LogP contribution in [0.1, 0.15) is 16.7 Å². The van der Waals surface area contributed by atoms with Crippen molar-refractivity contribution in [1.29, 1.82) is 0 Å². The molecule has 2 N–H and O–H groups in total. The van der Waals surface area contributed by atoms with E-state index < -0.39 is 23.6 Å². The number of ether oxygens (including phenoxy) is 2. The van der Waals surface area contributed by atoms with Gasteiger partial charge in [-0.3, -0.25) is 9.59 Å². The van der Waals surface area contributed by atoms with E-state index in [9.17, 15) is 22.8 Å². The second-order valence-corrected chi connectivity index (χ2v) is 8.53. The normalized spacial score (nSPS) is 11.3. The second kappa shape index (κ2) is 12.2. The maximum Gasteiger partial charge on any atom is 0.416 e. The molecule has 0 aliphatic rings. The van der Waals surface area contributed by atoms with E-state index in [1.165, 1.54) is 13.3 Å². The minimum absolute atomic E-state index is 0.154. The highest BCUT2D eigenvalue weighted by atomic mass is 35.5. The van der Waals surface area contributed by atoms with E-state index in [0.717, 1.165) is 12.1 Å². The molecule has 13 heteroatoms. The molecule has 0 aromatic heterocycles. The molecule has 0 saturated carbocycles. The number of carbonyl (C=O) groups excluding carboxylic acids is 2. The lowest BCUT2D eigenvalue weighted by molar-refractivity contribution is -0.137. The van der Waals surface area contributed by atoms with Gasteiger partial charge in [0, 0.05) is 15.6 Å². The highest BCUT2D eigenvalue weighted by Crippen LogP contribution is 2.34. The molecule has 2 amide bonds. The van der Waals surface area contributed by atoms with Gasteiger partial charge < -0.3 is 14.8 Å². The first-order valence-corrected chi connectivity index (χ1v) is 11.4. The number of carbonyl (C=O) groups is 2. The first-order valence-electron chi connectivity index (χ1n) is 10.2. The number of amides is 2. The number of anilines is 1. The molecular formula is C24H17Cl3F3N3O4. The summed E-state index contributed by atoms with van der Waals surface area (Å²) in [6.45, 7) is 0.154. The fraction of sp³-hybridized carbons (Fsp3) is 0.125. The SMILES string of the molecule is COc1cc(/C=N/NC(=O)C(=O)Nc2cc(C(F)(F)F)ccc2Cl)ccc1OCc1ccc(Cl)cc1Cl. The lowest BCUT2D eigenvalue weighted by Crippen LogP contribution is -2.32. The van der Waals surface area contributed by atoms with Gasteiger partial charge in [0.2, 0.25) is 0 Å². The van der Waals surface area contributed by atoms with Gasteiger partial charge in [-0.2, -0.15) is 18.3 Å². The number of benzene rings is 3. The van der Waals surface area contributed by atoms with Crippen LogP contribution in [0.25, 0.3) is 0 Å². The summed E-state index contributed by atoms with van der Waals surface area (Å²) in [5.41, 5.74) is 1.76. The average Bonchev–Trinajstić information content (AvgIpc) is 2.84. The van der Waals surface area contributed by atoms with E-state index >= 15 is 0 Å². The van der Waals surface area contributed by atoms with Crippen LogP contribution in [0, 0.1) is 0 Å². The third-order valence-electron chi connectivity index (χ3n) is 4.71. The van der Waals surface area contributed by atoms with Crippen LogP contribution in [0.4, 0.5) is 18.9 Å². The standard InChI is InChI=1S/C24H17Cl3F3N3O4/c1-36-21-8-13(2-7-20(21)37-12-14-3-5-16(25)10-18(14)27)11-31-33-23(35)22(34)32-19-9-15(24(28,29)30)4-6-17(19)26/h2-11H,12H2,1H3,(H,32,34)(H,33,35)/b31-11+. The van der Waals surface area contributed by atoms with Gasteiger partial charge in [0.15, 0.2) is 11.5 Å². The van der Waals surface area contributed by atoms with Gasteiger partial charge in [-0.15, -0.1) is 0 Å². The lowest BCUT2D eigenvalue weighted by atomic mass is 10.2. The Bertz CT molecular complexity index is 1350. The fourth-order valence-corrected chi connectivity index (χ4v) is 3.50. The third-order valence-corrected chi connectivity index (χ3v) is 5.63. The highest BCUT2D eigenvalue weighted by Gasteiger charge is 2.31. The van der Waals surface area contributed by atoms with Crippen LogP contribution in [0.3, 0.4) is 0 Å².